The van der Waals surface area contributed by atoms with Gasteiger partial charge in [-0.1, -0.05) is 37.3 Å². The third-order valence-corrected chi connectivity index (χ3v) is 6.54. The van der Waals surface area contributed by atoms with Gasteiger partial charge in [-0.3, -0.25) is 4.90 Å². The van der Waals surface area contributed by atoms with Gasteiger partial charge in [-0.05, 0) is 38.2 Å². The molecule has 2 heterocycles. The van der Waals surface area contributed by atoms with Crippen LogP contribution in [-0.4, -0.2) is 54.7 Å². The van der Waals surface area contributed by atoms with E-state index in [9.17, 15) is 0 Å². The van der Waals surface area contributed by atoms with Crippen LogP contribution in [0.15, 0.2) is 41.5 Å². The van der Waals surface area contributed by atoms with Gasteiger partial charge in [0.15, 0.2) is 5.96 Å². The number of likely N-dealkylation sites (tertiary alicyclic amines) is 1. The van der Waals surface area contributed by atoms with Crippen molar-refractivity contribution in [3.63, 3.8) is 0 Å². The van der Waals surface area contributed by atoms with Crippen molar-refractivity contribution < 1.29 is 4.74 Å². The smallest absolute Gasteiger partial charge is 0.191 e. The van der Waals surface area contributed by atoms with E-state index >= 15 is 0 Å². The summed E-state index contributed by atoms with van der Waals surface area (Å²) in [7, 11) is 0. The first kappa shape index (κ1) is 27.0. The van der Waals surface area contributed by atoms with Crippen molar-refractivity contribution in [3.8, 4) is 0 Å². The molecule has 0 unspecified atom stereocenters. The van der Waals surface area contributed by atoms with E-state index in [0.717, 1.165) is 76.0 Å². The van der Waals surface area contributed by atoms with Gasteiger partial charge in [0.05, 0.1) is 12.6 Å². The lowest BCUT2D eigenvalue weighted by Crippen LogP contribution is -2.38. The fourth-order valence-electron chi connectivity index (χ4n) is 3.68. The second-order valence-corrected chi connectivity index (χ2v) is 9.08. The highest BCUT2D eigenvalue weighted by atomic mass is 127. The third-order valence-electron chi connectivity index (χ3n) is 5.42. The lowest BCUT2D eigenvalue weighted by molar-refractivity contribution is 0.00534. The number of nitrogens with zero attached hydrogens (tertiary/aromatic N) is 3. The molecule has 178 valence electrons. The second-order valence-electron chi connectivity index (χ2n) is 7.88. The summed E-state index contributed by atoms with van der Waals surface area (Å²) in [5, 5.41) is 7.79. The number of piperidine rings is 1. The number of hydrogen-bond donors (Lipinski definition) is 2. The van der Waals surface area contributed by atoms with Gasteiger partial charge in [-0.2, -0.15) is 0 Å². The molecule has 6 nitrogen and oxygen atoms in total. The van der Waals surface area contributed by atoms with Crippen LogP contribution in [0, 0.1) is 0 Å². The molecule has 1 aliphatic rings. The first-order chi connectivity index (χ1) is 15.3. The summed E-state index contributed by atoms with van der Waals surface area (Å²) < 4.78 is 6.13. The normalized spacial score (nSPS) is 15.4. The number of benzene rings is 1. The fourth-order valence-corrected chi connectivity index (χ4v) is 4.46. The standard InChI is InChI=1S/C24H37N5OS.HI/c1-3-22-17-27-23(31-22)18-28-24(25-4-2)26-13-8-16-30-21-11-14-29(15-12-21)19-20-9-6-5-7-10-20;/h5-7,9-10,17,21H,3-4,8,11-16,18-19H2,1-2H3,(H2,25,26,28);1H. The average molecular weight is 572 g/mol. The maximum absolute atomic E-state index is 6.13. The van der Waals surface area contributed by atoms with E-state index in [4.69, 9.17) is 4.74 Å². The molecule has 1 saturated heterocycles. The summed E-state index contributed by atoms with van der Waals surface area (Å²) in [6.07, 6.45) is 6.61. The minimum atomic E-state index is 0. The van der Waals surface area contributed by atoms with Crippen molar-refractivity contribution in [2.24, 2.45) is 4.99 Å². The Labute approximate surface area is 214 Å². The van der Waals surface area contributed by atoms with Gasteiger partial charge in [-0.25, -0.2) is 9.98 Å². The number of guanidine groups is 1. The zero-order valence-electron chi connectivity index (χ0n) is 19.4. The molecule has 0 saturated carbocycles. The van der Waals surface area contributed by atoms with Crippen molar-refractivity contribution >= 4 is 41.3 Å². The highest BCUT2D eigenvalue weighted by Gasteiger charge is 2.19. The summed E-state index contributed by atoms with van der Waals surface area (Å²) in [5.74, 6) is 0.852. The molecule has 8 heteroatoms. The molecular weight excluding hydrogens is 533 g/mol. The highest BCUT2D eigenvalue weighted by molar-refractivity contribution is 14.0. The van der Waals surface area contributed by atoms with Crippen LogP contribution in [0.1, 0.15) is 48.6 Å². The number of aryl methyl sites for hydroxylation is 1. The zero-order chi connectivity index (χ0) is 21.7. The Morgan fingerprint density at radius 2 is 1.97 bits per heavy atom. The predicted molar refractivity (Wildman–Crippen MR) is 145 cm³/mol. The molecule has 0 aliphatic carbocycles. The summed E-state index contributed by atoms with van der Waals surface area (Å²) >= 11 is 1.74. The van der Waals surface area contributed by atoms with Crippen LogP contribution in [-0.2, 0) is 24.2 Å². The topological polar surface area (TPSA) is 61.8 Å². The van der Waals surface area contributed by atoms with Gasteiger partial charge < -0.3 is 15.4 Å². The zero-order valence-corrected chi connectivity index (χ0v) is 22.5. The van der Waals surface area contributed by atoms with E-state index in [1.54, 1.807) is 11.3 Å². The number of thiazole rings is 1. The molecule has 0 radical (unpaired) electrons. The molecule has 0 spiro atoms. The van der Waals surface area contributed by atoms with Gasteiger partial charge >= 0.3 is 0 Å². The van der Waals surface area contributed by atoms with Crippen molar-refractivity contribution in [1.29, 1.82) is 0 Å². The van der Waals surface area contributed by atoms with Gasteiger partial charge in [0.25, 0.3) is 0 Å². The van der Waals surface area contributed by atoms with Gasteiger partial charge in [-0.15, -0.1) is 35.3 Å². The molecule has 0 bridgehead atoms. The first-order valence-electron chi connectivity index (χ1n) is 11.6. The highest BCUT2D eigenvalue weighted by Crippen LogP contribution is 2.16. The van der Waals surface area contributed by atoms with Gasteiger partial charge in [0.2, 0.25) is 0 Å². The molecule has 0 amide bonds. The Balaban J connectivity index is 0.00000363. The average Bonchev–Trinajstić information content (AvgIpc) is 3.27. The number of aliphatic imine (C=N–C) groups is 1. The molecule has 3 rings (SSSR count). The molecule has 1 aromatic heterocycles. The number of aromatic nitrogens is 1. The summed E-state index contributed by atoms with van der Waals surface area (Å²) in [6, 6.07) is 10.7. The third kappa shape index (κ3) is 9.72. The second kappa shape index (κ2) is 15.6. The number of hydrogen-bond acceptors (Lipinski definition) is 5. The lowest BCUT2D eigenvalue weighted by atomic mass is 10.1. The lowest BCUT2D eigenvalue weighted by Gasteiger charge is -2.32. The number of rotatable bonds is 11. The van der Waals surface area contributed by atoms with Gasteiger partial charge in [0.1, 0.15) is 5.01 Å². The van der Waals surface area contributed by atoms with Crippen LogP contribution in [0.5, 0.6) is 0 Å². The largest absolute Gasteiger partial charge is 0.378 e. The van der Waals surface area contributed by atoms with Crippen LogP contribution in [0.2, 0.25) is 0 Å². The van der Waals surface area contributed by atoms with Crippen molar-refractivity contribution in [2.75, 3.05) is 32.8 Å². The number of halogens is 1. The Bertz CT molecular complexity index is 778. The minimum absolute atomic E-state index is 0. The number of nitrogens with one attached hydrogen (secondary N) is 2. The minimum Gasteiger partial charge on any atom is -0.378 e. The van der Waals surface area contributed by atoms with E-state index in [0.29, 0.717) is 12.6 Å². The quantitative estimate of drug-likeness (QED) is 0.181. The van der Waals surface area contributed by atoms with Crippen LogP contribution in [0.4, 0.5) is 0 Å². The van der Waals surface area contributed by atoms with Crippen molar-refractivity contribution in [3.05, 3.63) is 52.0 Å². The summed E-state index contributed by atoms with van der Waals surface area (Å²) in [5.41, 5.74) is 1.40. The Morgan fingerprint density at radius 3 is 2.66 bits per heavy atom. The monoisotopic (exact) mass is 571 g/mol. The molecule has 1 aliphatic heterocycles. The Hall–Kier alpha value is -1.23. The molecule has 32 heavy (non-hydrogen) atoms. The van der Waals surface area contributed by atoms with E-state index in [1.165, 1.54) is 10.4 Å². The van der Waals surface area contributed by atoms with Crippen molar-refractivity contribution in [2.45, 2.75) is 58.7 Å². The molecule has 2 aromatic rings. The predicted octanol–water partition coefficient (Wildman–Crippen LogP) is 4.45. The molecule has 2 N–H and O–H groups in total. The van der Waals surface area contributed by atoms with Crippen LogP contribution in [0.3, 0.4) is 0 Å². The fraction of sp³-hybridized carbons (Fsp3) is 0.583. The van der Waals surface area contributed by atoms with Crippen LogP contribution >= 0.6 is 35.3 Å². The van der Waals surface area contributed by atoms with Gasteiger partial charge in [0, 0.05) is 50.4 Å². The van der Waals surface area contributed by atoms with E-state index in [2.05, 4.69) is 69.7 Å². The first-order valence-corrected chi connectivity index (χ1v) is 12.4. The van der Waals surface area contributed by atoms with Crippen LogP contribution < -0.4 is 10.6 Å². The number of ether oxygens (including phenoxy) is 1. The molecular formula is C24H38IN5OS. The Kier molecular flexibility index (Phi) is 13.2. The Morgan fingerprint density at radius 1 is 1.19 bits per heavy atom. The SMILES string of the molecule is CCNC(=NCc1ncc(CC)s1)NCCCOC1CCN(Cc2ccccc2)CC1.I. The molecule has 0 atom stereocenters. The summed E-state index contributed by atoms with van der Waals surface area (Å²) in [6.45, 7) is 10.6. The van der Waals surface area contributed by atoms with E-state index in [-0.39, 0.29) is 24.0 Å². The van der Waals surface area contributed by atoms with E-state index < -0.39 is 0 Å². The maximum atomic E-state index is 6.13. The summed E-state index contributed by atoms with van der Waals surface area (Å²) in [4.78, 5) is 12.9. The molecule has 1 fully saturated rings. The van der Waals surface area contributed by atoms with Crippen molar-refractivity contribution in [1.82, 2.24) is 20.5 Å². The van der Waals surface area contributed by atoms with Crippen LogP contribution in [0.25, 0.3) is 0 Å². The maximum Gasteiger partial charge on any atom is 0.191 e. The van der Waals surface area contributed by atoms with E-state index in [1.807, 2.05) is 6.20 Å². The molecule has 1 aromatic carbocycles.